The predicted molar refractivity (Wildman–Crippen MR) is 69.8 cm³/mol. The molecule has 0 aliphatic rings. The third-order valence-electron chi connectivity index (χ3n) is 2.46. The first kappa shape index (κ1) is 12.8. The van der Waals surface area contributed by atoms with Crippen molar-refractivity contribution in [1.29, 1.82) is 0 Å². The number of phenols is 1. The van der Waals surface area contributed by atoms with Gasteiger partial charge < -0.3 is 10.4 Å². The highest BCUT2D eigenvalue weighted by Gasteiger charge is 2.17. The lowest BCUT2D eigenvalue weighted by Gasteiger charge is -2.20. The van der Waals surface area contributed by atoms with Crippen molar-refractivity contribution in [2.24, 2.45) is 0 Å². The van der Waals surface area contributed by atoms with Gasteiger partial charge in [-0.2, -0.15) is 0 Å². The summed E-state index contributed by atoms with van der Waals surface area (Å²) in [5.41, 5.74) is 2.08. The van der Waals surface area contributed by atoms with Crippen molar-refractivity contribution >= 4 is 6.08 Å². The van der Waals surface area contributed by atoms with Gasteiger partial charge in [0.1, 0.15) is 5.75 Å². The van der Waals surface area contributed by atoms with E-state index < -0.39 is 0 Å². The quantitative estimate of drug-likeness (QED) is 0.819. The van der Waals surface area contributed by atoms with Gasteiger partial charge in [-0.05, 0) is 35.7 Å². The van der Waals surface area contributed by atoms with Crippen LogP contribution in [0.15, 0.2) is 24.3 Å². The zero-order valence-corrected chi connectivity index (χ0v) is 10.5. The summed E-state index contributed by atoms with van der Waals surface area (Å²) < 4.78 is 0. The molecular formula is C14H21NO. The van der Waals surface area contributed by atoms with Crippen LogP contribution in [0.3, 0.4) is 0 Å². The smallest absolute Gasteiger partial charge is 0.119 e. The minimum Gasteiger partial charge on any atom is -0.508 e. The summed E-state index contributed by atoms with van der Waals surface area (Å²) in [7, 11) is 1.92. The van der Waals surface area contributed by atoms with Crippen LogP contribution in [0.4, 0.5) is 0 Å². The van der Waals surface area contributed by atoms with Gasteiger partial charge in [-0.1, -0.05) is 39.0 Å². The number of benzene rings is 1. The average Bonchev–Trinajstić information content (AvgIpc) is 2.19. The first-order valence-corrected chi connectivity index (χ1v) is 5.60. The summed E-state index contributed by atoms with van der Waals surface area (Å²) in [6, 6.07) is 5.73. The van der Waals surface area contributed by atoms with Gasteiger partial charge in [0.2, 0.25) is 0 Å². The third-order valence-corrected chi connectivity index (χ3v) is 2.46. The first-order valence-electron chi connectivity index (χ1n) is 5.60. The lowest BCUT2D eigenvalue weighted by atomic mass is 9.85. The van der Waals surface area contributed by atoms with E-state index in [2.05, 4.69) is 38.2 Å². The predicted octanol–water partition coefficient (Wildman–Crippen LogP) is 2.92. The SMILES string of the molecule is CNCC=Cc1ccc(O)c(C(C)(C)C)c1. The average molecular weight is 219 g/mol. The molecule has 0 heterocycles. The highest BCUT2D eigenvalue weighted by molar-refractivity contribution is 5.54. The Morgan fingerprint density at radius 1 is 1.31 bits per heavy atom. The number of hydrogen-bond acceptors (Lipinski definition) is 2. The second kappa shape index (κ2) is 5.17. The van der Waals surface area contributed by atoms with Gasteiger partial charge in [-0.15, -0.1) is 0 Å². The molecule has 0 saturated heterocycles. The molecule has 1 aromatic carbocycles. The maximum absolute atomic E-state index is 9.81. The molecule has 2 N–H and O–H groups in total. The molecule has 0 aliphatic heterocycles. The topological polar surface area (TPSA) is 32.3 Å². The maximum atomic E-state index is 9.81. The van der Waals surface area contributed by atoms with Crippen LogP contribution in [0, 0.1) is 0 Å². The van der Waals surface area contributed by atoms with Gasteiger partial charge in [0, 0.05) is 6.54 Å². The van der Waals surface area contributed by atoms with Gasteiger partial charge >= 0.3 is 0 Å². The second-order valence-corrected chi connectivity index (χ2v) is 4.99. The molecule has 0 aromatic heterocycles. The zero-order valence-electron chi connectivity index (χ0n) is 10.5. The van der Waals surface area contributed by atoms with Gasteiger partial charge in [0.05, 0.1) is 0 Å². The van der Waals surface area contributed by atoms with Crippen molar-refractivity contribution in [2.45, 2.75) is 26.2 Å². The molecule has 0 fully saturated rings. The van der Waals surface area contributed by atoms with E-state index in [9.17, 15) is 5.11 Å². The van der Waals surface area contributed by atoms with Gasteiger partial charge in [-0.25, -0.2) is 0 Å². The summed E-state index contributed by atoms with van der Waals surface area (Å²) in [6.45, 7) is 7.15. The first-order chi connectivity index (χ1) is 7.45. The highest BCUT2D eigenvalue weighted by atomic mass is 16.3. The van der Waals surface area contributed by atoms with Crippen molar-refractivity contribution in [3.05, 3.63) is 35.4 Å². The molecule has 2 nitrogen and oxygen atoms in total. The molecule has 1 rings (SSSR count). The number of phenolic OH excluding ortho intramolecular Hbond substituents is 1. The van der Waals surface area contributed by atoms with Crippen molar-refractivity contribution in [1.82, 2.24) is 5.32 Å². The van der Waals surface area contributed by atoms with Gasteiger partial charge in [0.25, 0.3) is 0 Å². The standard InChI is InChI=1S/C14H21NO/c1-14(2,3)12-10-11(6-5-9-15-4)7-8-13(12)16/h5-8,10,15-16H,9H2,1-4H3. The van der Waals surface area contributed by atoms with E-state index in [1.54, 1.807) is 6.07 Å². The van der Waals surface area contributed by atoms with E-state index in [0.29, 0.717) is 5.75 Å². The molecule has 0 radical (unpaired) electrons. The second-order valence-electron chi connectivity index (χ2n) is 4.99. The Morgan fingerprint density at radius 3 is 2.56 bits per heavy atom. The van der Waals surface area contributed by atoms with Crippen LogP contribution in [0.2, 0.25) is 0 Å². The number of nitrogens with one attached hydrogen (secondary N) is 1. The molecular weight excluding hydrogens is 198 g/mol. The summed E-state index contributed by atoms with van der Waals surface area (Å²) >= 11 is 0. The van der Waals surface area contributed by atoms with Crippen LogP contribution in [0.5, 0.6) is 5.75 Å². The number of aromatic hydroxyl groups is 1. The Bertz CT molecular complexity index is 375. The van der Waals surface area contributed by atoms with Crippen LogP contribution < -0.4 is 5.32 Å². The van der Waals surface area contributed by atoms with E-state index in [1.807, 2.05) is 19.2 Å². The minimum atomic E-state index is -0.0308. The molecule has 0 saturated carbocycles. The Kier molecular flexibility index (Phi) is 4.13. The molecule has 1 aromatic rings. The Hall–Kier alpha value is -1.28. The molecule has 0 atom stereocenters. The van der Waals surface area contributed by atoms with Crippen LogP contribution >= 0.6 is 0 Å². The lowest BCUT2D eigenvalue weighted by Crippen LogP contribution is -2.11. The molecule has 88 valence electrons. The normalized spacial score (nSPS) is 12.2. The Labute approximate surface area is 98.0 Å². The molecule has 0 amide bonds. The summed E-state index contributed by atoms with van der Waals surface area (Å²) in [5.74, 6) is 0.373. The molecule has 0 bridgehead atoms. The largest absolute Gasteiger partial charge is 0.508 e. The van der Waals surface area contributed by atoms with E-state index in [4.69, 9.17) is 0 Å². The Morgan fingerprint density at radius 2 is 2.00 bits per heavy atom. The number of hydrogen-bond donors (Lipinski definition) is 2. The lowest BCUT2D eigenvalue weighted by molar-refractivity contribution is 0.446. The van der Waals surface area contributed by atoms with Crippen molar-refractivity contribution < 1.29 is 5.11 Å². The number of rotatable bonds is 3. The molecule has 2 heteroatoms. The fraction of sp³-hybridized carbons (Fsp3) is 0.429. The molecule has 0 aliphatic carbocycles. The monoisotopic (exact) mass is 219 g/mol. The summed E-state index contributed by atoms with van der Waals surface area (Å²) in [5, 5.41) is 12.9. The fourth-order valence-electron chi connectivity index (χ4n) is 1.57. The van der Waals surface area contributed by atoms with Crippen LogP contribution in [-0.4, -0.2) is 18.7 Å². The van der Waals surface area contributed by atoms with E-state index in [-0.39, 0.29) is 5.41 Å². The van der Waals surface area contributed by atoms with E-state index >= 15 is 0 Å². The maximum Gasteiger partial charge on any atom is 0.119 e. The summed E-state index contributed by atoms with van der Waals surface area (Å²) in [6.07, 6.45) is 4.13. The van der Waals surface area contributed by atoms with Crippen LogP contribution in [0.1, 0.15) is 31.9 Å². The third kappa shape index (κ3) is 3.38. The molecule has 16 heavy (non-hydrogen) atoms. The molecule has 0 spiro atoms. The van der Waals surface area contributed by atoms with Crippen molar-refractivity contribution in [2.75, 3.05) is 13.6 Å². The fourth-order valence-corrected chi connectivity index (χ4v) is 1.57. The van der Waals surface area contributed by atoms with Crippen molar-refractivity contribution in [3.8, 4) is 5.75 Å². The highest BCUT2D eigenvalue weighted by Crippen LogP contribution is 2.31. The van der Waals surface area contributed by atoms with E-state index in [0.717, 1.165) is 17.7 Å². The Balaban J connectivity index is 2.99. The van der Waals surface area contributed by atoms with Crippen LogP contribution in [-0.2, 0) is 5.41 Å². The summed E-state index contributed by atoms with van der Waals surface area (Å²) in [4.78, 5) is 0. The number of likely N-dealkylation sites (N-methyl/N-ethyl adjacent to an activating group) is 1. The van der Waals surface area contributed by atoms with Crippen molar-refractivity contribution in [3.63, 3.8) is 0 Å². The van der Waals surface area contributed by atoms with E-state index in [1.165, 1.54) is 0 Å². The molecule has 0 unspecified atom stereocenters. The van der Waals surface area contributed by atoms with Gasteiger partial charge in [-0.3, -0.25) is 0 Å². The zero-order chi connectivity index (χ0) is 12.2. The minimum absolute atomic E-state index is 0.0308. The van der Waals surface area contributed by atoms with Crippen LogP contribution in [0.25, 0.3) is 6.08 Å². The van der Waals surface area contributed by atoms with Gasteiger partial charge in [0.15, 0.2) is 0 Å².